The van der Waals surface area contributed by atoms with E-state index in [0.717, 1.165) is 11.6 Å². The van der Waals surface area contributed by atoms with Crippen LogP contribution in [0.25, 0.3) is 6.08 Å². The van der Waals surface area contributed by atoms with Gasteiger partial charge in [-0.05, 0) is 29.7 Å². The number of hydrogen-bond donors (Lipinski definition) is 3. The van der Waals surface area contributed by atoms with E-state index in [1.165, 1.54) is 6.08 Å². The van der Waals surface area contributed by atoms with Gasteiger partial charge >= 0.3 is 5.97 Å². The molecule has 1 amide bonds. The van der Waals surface area contributed by atoms with Crippen LogP contribution in [0.3, 0.4) is 0 Å². The number of benzene rings is 1. The van der Waals surface area contributed by atoms with E-state index in [-0.39, 0.29) is 17.7 Å². The molecule has 0 aliphatic heterocycles. The monoisotopic (exact) mass is 276 g/mol. The standard InChI is InChI=1S/C15H20N2O3/c1-10(2)13(9-16)15(20)17-12-6-3-11(4-7-12)5-8-14(18)19/h3-8,10,13H,9,16H2,1-2H3,(H,17,20)(H,18,19)/b8-5+. The van der Waals surface area contributed by atoms with Gasteiger partial charge in [-0.3, -0.25) is 4.79 Å². The minimum Gasteiger partial charge on any atom is -0.478 e. The van der Waals surface area contributed by atoms with E-state index < -0.39 is 5.97 Å². The lowest BCUT2D eigenvalue weighted by Gasteiger charge is -2.18. The molecule has 0 aromatic heterocycles. The molecule has 5 nitrogen and oxygen atoms in total. The lowest BCUT2D eigenvalue weighted by Crippen LogP contribution is -2.33. The highest BCUT2D eigenvalue weighted by molar-refractivity contribution is 5.93. The summed E-state index contributed by atoms with van der Waals surface area (Å²) < 4.78 is 0. The molecule has 1 rings (SSSR count). The maximum Gasteiger partial charge on any atom is 0.328 e. The van der Waals surface area contributed by atoms with E-state index in [1.54, 1.807) is 24.3 Å². The number of carbonyl (C=O) groups excluding carboxylic acids is 1. The molecule has 5 heteroatoms. The third-order valence-electron chi connectivity index (χ3n) is 2.99. The first-order chi connectivity index (χ1) is 9.43. The zero-order valence-electron chi connectivity index (χ0n) is 11.7. The smallest absolute Gasteiger partial charge is 0.328 e. The second-order valence-corrected chi connectivity index (χ2v) is 4.87. The van der Waals surface area contributed by atoms with E-state index in [2.05, 4.69) is 5.32 Å². The van der Waals surface area contributed by atoms with Crippen LogP contribution < -0.4 is 11.1 Å². The molecule has 0 aliphatic rings. The molecular formula is C15H20N2O3. The number of carboxylic acids is 1. The first kappa shape index (κ1) is 15.9. The van der Waals surface area contributed by atoms with Crippen molar-refractivity contribution in [2.24, 2.45) is 17.6 Å². The fourth-order valence-electron chi connectivity index (χ4n) is 1.76. The number of nitrogens with two attached hydrogens (primary N) is 1. The summed E-state index contributed by atoms with van der Waals surface area (Å²) in [6, 6.07) is 6.93. The minimum absolute atomic E-state index is 0.101. The van der Waals surface area contributed by atoms with Crippen LogP contribution >= 0.6 is 0 Å². The number of hydrogen-bond acceptors (Lipinski definition) is 3. The molecule has 108 valence electrons. The van der Waals surface area contributed by atoms with Crippen LogP contribution in [0.4, 0.5) is 5.69 Å². The van der Waals surface area contributed by atoms with Gasteiger partial charge in [0.2, 0.25) is 5.91 Å². The van der Waals surface area contributed by atoms with Gasteiger partial charge in [0.15, 0.2) is 0 Å². The van der Waals surface area contributed by atoms with Crippen LogP contribution in [0.2, 0.25) is 0 Å². The first-order valence-corrected chi connectivity index (χ1v) is 6.46. The number of carboxylic acid groups (broad SMARTS) is 1. The second-order valence-electron chi connectivity index (χ2n) is 4.87. The fraction of sp³-hybridized carbons (Fsp3) is 0.333. The summed E-state index contributed by atoms with van der Waals surface area (Å²) in [7, 11) is 0. The Hall–Kier alpha value is -2.14. The molecule has 1 aromatic carbocycles. The Bertz CT molecular complexity index is 492. The van der Waals surface area contributed by atoms with Crippen molar-refractivity contribution in [1.82, 2.24) is 0 Å². The van der Waals surface area contributed by atoms with E-state index in [9.17, 15) is 9.59 Å². The lowest BCUT2D eigenvalue weighted by molar-refractivity contribution is -0.131. The highest BCUT2D eigenvalue weighted by Gasteiger charge is 2.20. The summed E-state index contributed by atoms with van der Waals surface area (Å²) in [5.41, 5.74) is 7.02. The van der Waals surface area contributed by atoms with Gasteiger partial charge in [-0.2, -0.15) is 0 Å². The van der Waals surface area contributed by atoms with Crippen molar-refractivity contribution in [3.05, 3.63) is 35.9 Å². The Morgan fingerprint density at radius 3 is 2.35 bits per heavy atom. The summed E-state index contributed by atoms with van der Waals surface area (Å²) in [5, 5.41) is 11.3. The van der Waals surface area contributed by atoms with Crippen molar-refractivity contribution in [3.63, 3.8) is 0 Å². The van der Waals surface area contributed by atoms with Gasteiger partial charge in [0.25, 0.3) is 0 Å². The molecule has 0 spiro atoms. The normalized spacial score (nSPS) is 12.6. The SMILES string of the molecule is CC(C)C(CN)C(=O)Nc1ccc(/C=C/C(=O)O)cc1. The molecular weight excluding hydrogens is 256 g/mol. The molecule has 1 aromatic rings. The highest BCUT2D eigenvalue weighted by atomic mass is 16.4. The van der Waals surface area contributed by atoms with Gasteiger partial charge in [-0.15, -0.1) is 0 Å². The average molecular weight is 276 g/mol. The Labute approximate surface area is 118 Å². The van der Waals surface area contributed by atoms with Gasteiger partial charge in [0.05, 0.1) is 5.92 Å². The lowest BCUT2D eigenvalue weighted by atomic mass is 9.95. The van der Waals surface area contributed by atoms with Crippen LogP contribution in [-0.2, 0) is 9.59 Å². The summed E-state index contributed by atoms with van der Waals surface area (Å²) in [6.07, 6.45) is 2.56. The van der Waals surface area contributed by atoms with Crippen molar-refractivity contribution in [3.8, 4) is 0 Å². The number of aliphatic carboxylic acids is 1. The van der Waals surface area contributed by atoms with Crippen molar-refractivity contribution in [2.75, 3.05) is 11.9 Å². The molecule has 0 aliphatic carbocycles. The topological polar surface area (TPSA) is 92.4 Å². The Morgan fingerprint density at radius 2 is 1.90 bits per heavy atom. The van der Waals surface area contributed by atoms with E-state index in [0.29, 0.717) is 12.2 Å². The Balaban J connectivity index is 2.70. The molecule has 1 atom stereocenters. The maximum atomic E-state index is 12.0. The molecule has 0 heterocycles. The third-order valence-corrected chi connectivity index (χ3v) is 2.99. The van der Waals surface area contributed by atoms with E-state index >= 15 is 0 Å². The molecule has 0 radical (unpaired) electrons. The Kier molecular flexibility index (Phi) is 5.93. The van der Waals surface area contributed by atoms with E-state index in [1.807, 2.05) is 13.8 Å². The van der Waals surface area contributed by atoms with Crippen molar-refractivity contribution >= 4 is 23.6 Å². The minimum atomic E-state index is -0.995. The largest absolute Gasteiger partial charge is 0.478 e. The zero-order chi connectivity index (χ0) is 15.1. The zero-order valence-corrected chi connectivity index (χ0v) is 11.7. The average Bonchev–Trinajstić information content (AvgIpc) is 2.38. The summed E-state index contributed by atoms with van der Waals surface area (Å²) in [5.74, 6) is -1.14. The maximum absolute atomic E-state index is 12.0. The molecule has 1 unspecified atom stereocenters. The van der Waals surface area contributed by atoms with Crippen LogP contribution in [-0.4, -0.2) is 23.5 Å². The van der Waals surface area contributed by atoms with Crippen LogP contribution in [0, 0.1) is 11.8 Å². The summed E-state index contributed by atoms with van der Waals surface area (Å²) in [4.78, 5) is 22.4. The second kappa shape index (κ2) is 7.45. The van der Waals surface area contributed by atoms with Crippen LogP contribution in [0.15, 0.2) is 30.3 Å². The van der Waals surface area contributed by atoms with Crippen molar-refractivity contribution in [2.45, 2.75) is 13.8 Å². The molecule has 0 saturated heterocycles. The van der Waals surface area contributed by atoms with Crippen LogP contribution in [0.1, 0.15) is 19.4 Å². The molecule has 0 saturated carbocycles. The van der Waals surface area contributed by atoms with Crippen molar-refractivity contribution < 1.29 is 14.7 Å². The number of anilines is 1. The Morgan fingerprint density at radius 1 is 1.30 bits per heavy atom. The van der Waals surface area contributed by atoms with Gasteiger partial charge in [0, 0.05) is 18.3 Å². The quantitative estimate of drug-likeness (QED) is 0.692. The number of rotatable bonds is 6. The third kappa shape index (κ3) is 4.85. The van der Waals surface area contributed by atoms with Crippen molar-refractivity contribution in [1.29, 1.82) is 0 Å². The molecule has 20 heavy (non-hydrogen) atoms. The summed E-state index contributed by atoms with van der Waals surface area (Å²) in [6.45, 7) is 4.22. The number of amides is 1. The predicted molar refractivity (Wildman–Crippen MR) is 79.1 cm³/mol. The molecule has 4 N–H and O–H groups in total. The predicted octanol–water partition coefficient (Wildman–Crippen LogP) is 1.95. The van der Waals surface area contributed by atoms with Gasteiger partial charge in [0.1, 0.15) is 0 Å². The first-order valence-electron chi connectivity index (χ1n) is 6.46. The van der Waals surface area contributed by atoms with E-state index in [4.69, 9.17) is 10.8 Å². The van der Waals surface area contributed by atoms with Gasteiger partial charge < -0.3 is 16.2 Å². The highest BCUT2D eigenvalue weighted by Crippen LogP contribution is 2.15. The summed E-state index contributed by atoms with van der Waals surface area (Å²) >= 11 is 0. The molecule has 0 bridgehead atoms. The fourth-order valence-corrected chi connectivity index (χ4v) is 1.76. The number of nitrogens with one attached hydrogen (secondary N) is 1. The number of carbonyl (C=O) groups is 2. The molecule has 0 fully saturated rings. The van der Waals surface area contributed by atoms with Gasteiger partial charge in [-0.25, -0.2) is 4.79 Å². The van der Waals surface area contributed by atoms with Gasteiger partial charge in [-0.1, -0.05) is 26.0 Å². The van der Waals surface area contributed by atoms with Crippen LogP contribution in [0.5, 0.6) is 0 Å².